The van der Waals surface area contributed by atoms with Crippen molar-refractivity contribution in [2.24, 2.45) is 5.92 Å². The van der Waals surface area contributed by atoms with Crippen molar-refractivity contribution in [2.45, 2.75) is 13.3 Å². The van der Waals surface area contributed by atoms with Gasteiger partial charge in [0.05, 0.1) is 0 Å². The highest BCUT2D eigenvalue weighted by Crippen LogP contribution is 2.29. The molecule has 1 unspecified atom stereocenters. The average molecular weight is 347 g/mol. The Balaban J connectivity index is 2.24. The highest BCUT2D eigenvalue weighted by molar-refractivity contribution is 9.10. The Bertz CT molecular complexity index is 419. The van der Waals surface area contributed by atoms with Gasteiger partial charge in [-0.2, -0.15) is 0 Å². The Kier molecular flexibility index (Phi) is 3.70. The minimum Gasteiger partial charge on any atom is -0.312 e. The Labute approximate surface area is 112 Å². The van der Waals surface area contributed by atoms with E-state index in [4.69, 9.17) is 0 Å². The predicted octanol–water partition coefficient (Wildman–Crippen LogP) is 3.51. The Morgan fingerprint density at radius 3 is 2.81 bits per heavy atom. The second-order valence-corrected chi connectivity index (χ2v) is 5.66. The van der Waals surface area contributed by atoms with E-state index in [1.807, 2.05) is 30.0 Å². The van der Waals surface area contributed by atoms with Gasteiger partial charge in [0.15, 0.2) is 0 Å². The third kappa shape index (κ3) is 2.33. The summed E-state index contributed by atoms with van der Waals surface area (Å²) in [4.78, 5) is 13.7. The summed E-state index contributed by atoms with van der Waals surface area (Å²) in [5.41, 5.74) is 2.18. The largest absolute Gasteiger partial charge is 0.312 e. The van der Waals surface area contributed by atoms with Crippen LogP contribution in [0.2, 0.25) is 0 Å². The van der Waals surface area contributed by atoms with E-state index in [2.05, 4.69) is 31.9 Å². The quantitative estimate of drug-likeness (QED) is 0.750. The van der Waals surface area contributed by atoms with Crippen LogP contribution in [-0.2, 0) is 4.79 Å². The molecule has 0 radical (unpaired) electrons. The zero-order valence-corrected chi connectivity index (χ0v) is 12.2. The number of rotatable bonds is 2. The third-order valence-electron chi connectivity index (χ3n) is 2.89. The number of hydrogen-bond acceptors (Lipinski definition) is 1. The lowest BCUT2D eigenvalue weighted by atomic mass is 10.2. The lowest BCUT2D eigenvalue weighted by Gasteiger charge is -2.17. The van der Waals surface area contributed by atoms with Crippen LogP contribution in [0, 0.1) is 12.8 Å². The number of benzene rings is 1. The van der Waals surface area contributed by atoms with Crippen molar-refractivity contribution in [1.29, 1.82) is 0 Å². The summed E-state index contributed by atoms with van der Waals surface area (Å²) >= 11 is 6.94. The van der Waals surface area contributed by atoms with Gasteiger partial charge >= 0.3 is 0 Å². The van der Waals surface area contributed by atoms with E-state index in [0.29, 0.717) is 12.3 Å². The first kappa shape index (κ1) is 12.1. The summed E-state index contributed by atoms with van der Waals surface area (Å²) in [5, 5.41) is 0.891. The van der Waals surface area contributed by atoms with Crippen LogP contribution in [0.5, 0.6) is 0 Å². The Morgan fingerprint density at radius 2 is 2.25 bits per heavy atom. The maximum atomic E-state index is 11.8. The molecule has 1 aromatic carbocycles. The van der Waals surface area contributed by atoms with Gasteiger partial charge in [0.2, 0.25) is 5.91 Å². The van der Waals surface area contributed by atoms with Gasteiger partial charge in [-0.3, -0.25) is 4.79 Å². The average Bonchev–Trinajstić information content (AvgIpc) is 2.64. The van der Waals surface area contributed by atoms with Crippen LogP contribution >= 0.6 is 31.9 Å². The normalized spacial score (nSPS) is 20.6. The summed E-state index contributed by atoms with van der Waals surface area (Å²) in [6, 6.07) is 6.06. The van der Waals surface area contributed by atoms with Crippen LogP contribution in [0.4, 0.5) is 5.69 Å². The van der Waals surface area contributed by atoms with Gasteiger partial charge < -0.3 is 4.90 Å². The summed E-state index contributed by atoms with van der Waals surface area (Å²) in [5.74, 6) is 0.660. The van der Waals surface area contributed by atoms with E-state index in [9.17, 15) is 4.79 Å². The molecular weight excluding hydrogens is 334 g/mol. The van der Waals surface area contributed by atoms with Crippen molar-refractivity contribution in [3.05, 3.63) is 28.2 Å². The third-order valence-corrected chi connectivity index (χ3v) is 4.66. The molecule has 0 aromatic heterocycles. The van der Waals surface area contributed by atoms with Gasteiger partial charge in [-0.1, -0.05) is 37.9 Å². The van der Waals surface area contributed by atoms with Crippen LogP contribution in [-0.4, -0.2) is 17.8 Å². The lowest BCUT2D eigenvalue weighted by Crippen LogP contribution is -2.24. The number of carbonyl (C=O) groups is 1. The number of anilines is 1. The van der Waals surface area contributed by atoms with Crippen molar-refractivity contribution in [1.82, 2.24) is 0 Å². The topological polar surface area (TPSA) is 20.3 Å². The second kappa shape index (κ2) is 4.88. The molecule has 16 heavy (non-hydrogen) atoms. The SMILES string of the molecule is Cc1ccc(N2CC(CBr)CC2=O)cc1Br. The zero-order valence-electron chi connectivity index (χ0n) is 9.04. The molecule has 2 nitrogen and oxygen atoms in total. The molecule has 86 valence electrons. The fourth-order valence-electron chi connectivity index (χ4n) is 1.88. The highest BCUT2D eigenvalue weighted by Gasteiger charge is 2.29. The minimum atomic E-state index is 0.222. The zero-order chi connectivity index (χ0) is 11.7. The number of alkyl halides is 1. The molecule has 1 saturated heterocycles. The van der Waals surface area contributed by atoms with Crippen LogP contribution in [0.1, 0.15) is 12.0 Å². The van der Waals surface area contributed by atoms with E-state index in [0.717, 1.165) is 22.0 Å². The van der Waals surface area contributed by atoms with Crippen LogP contribution in [0.3, 0.4) is 0 Å². The monoisotopic (exact) mass is 345 g/mol. The highest BCUT2D eigenvalue weighted by atomic mass is 79.9. The minimum absolute atomic E-state index is 0.222. The molecule has 1 aliphatic heterocycles. The van der Waals surface area contributed by atoms with Gasteiger partial charge in [0, 0.05) is 28.5 Å². The molecule has 1 aliphatic rings. The molecule has 0 saturated carbocycles. The lowest BCUT2D eigenvalue weighted by molar-refractivity contribution is -0.117. The summed E-state index contributed by atoms with van der Waals surface area (Å²) in [7, 11) is 0. The second-order valence-electron chi connectivity index (χ2n) is 4.16. The smallest absolute Gasteiger partial charge is 0.227 e. The van der Waals surface area contributed by atoms with Crippen molar-refractivity contribution < 1.29 is 4.79 Å². The first-order valence-electron chi connectivity index (χ1n) is 5.24. The summed E-state index contributed by atoms with van der Waals surface area (Å²) in [6.07, 6.45) is 0.650. The van der Waals surface area contributed by atoms with E-state index >= 15 is 0 Å². The van der Waals surface area contributed by atoms with E-state index in [1.165, 1.54) is 5.56 Å². The number of aryl methyl sites for hydroxylation is 1. The molecule has 0 bridgehead atoms. The van der Waals surface area contributed by atoms with E-state index in [1.54, 1.807) is 0 Å². The summed E-state index contributed by atoms with van der Waals surface area (Å²) < 4.78 is 1.06. The van der Waals surface area contributed by atoms with Gasteiger partial charge in [-0.25, -0.2) is 0 Å². The number of carbonyl (C=O) groups excluding carboxylic acids is 1. The molecule has 1 aromatic rings. The van der Waals surface area contributed by atoms with Crippen molar-refractivity contribution in [2.75, 3.05) is 16.8 Å². The number of nitrogens with zero attached hydrogens (tertiary/aromatic N) is 1. The molecule has 1 amide bonds. The number of hydrogen-bond donors (Lipinski definition) is 0. The van der Waals surface area contributed by atoms with Crippen LogP contribution < -0.4 is 4.90 Å². The van der Waals surface area contributed by atoms with Crippen molar-refractivity contribution >= 4 is 43.5 Å². The van der Waals surface area contributed by atoms with Crippen molar-refractivity contribution in [3.63, 3.8) is 0 Å². The maximum Gasteiger partial charge on any atom is 0.227 e. The molecular formula is C12H13Br2NO. The van der Waals surface area contributed by atoms with E-state index in [-0.39, 0.29) is 5.91 Å². The van der Waals surface area contributed by atoms with Gasteiger partial charge in [-0.15, -0.1) is 0 Å². The standard InChI is InChI=1S/C12H13Br2NO/c1-8-2-3-10(5-11(8)14)15-7-9(6-13)4-12(15)16/h2-3,5,9H,4,6-7H2,1H3. The Morgan fingerprint density at radius 1 is 1.50 bits per heavy atom. The van der Waals surface area contributed by atoms with Crippen LogP contribution in [0.25, 0.3) is 0 Å². The first-order chi connectivity index (χ1) is 7.61. The molecule has 0 aliphatic carbocycles. The maximum absolute atomic E-state index is 11.8. The van der Waals surface area contributed by atoms with Gasteiger partial charge in [-0.05, 0) is 30.5 Å². The molecule has 1 heterocycles. The molecule has 0 spiro atoms. The summed E-state index contributed by atoms with van der Waals surface area (Å²) in [6.45, 7) is 2.86. The fraction of sp³-hybridized carbons (Fsp3) is 0.417. The molecule has 1 fully saturated rings. The van der Waals surface area contributed by atoms with Gasteiger partial charge in [0.1, 0.15) is 0 Å². The first-order valence-corrected chi connectivity index (χ1v) is 7.15. The number of halogens is 2. The Hall–Kier alpha value is -0.350. The molecule has 1 atom stereocenters. The van der Waals surface area contributed by atoms with Gasteiger partial charge in [0.25, 0.3) is 0 Å². The molecule has 4 heteroatoms. The van der Waals surface area contributed by atoms with E-state index < -0.39 is 0 Å². The fourth-order valence-corrected chi connectivity index (χ4v) is 2.68. The van der Waals surface area contributed by atoms with Crippen molar-refractivity contribution in [3.8, 4) is 0 Å². The molecule has 0 N–H and O–H groups in total. The molecule has 2 rings (SSSR count). The van der Waals surface area contributed by atoms with Crippen LogP contribution in [0.15, 0.2) is 22.7 Å². The predicted molar refractivity (Wildman–Crippen MR) is 73.1 cm³/mol. The number of amides is 1.